The zero-order valence-electron chi connectivity index (χ0n) is 22.8. The molecule has 2 aliphatic heterocycles. The Bertz CT molecular complexity index is 1460. The van der Waals surface area contributed by atoms with Crippen LogP contribution in [-0.2, 0) is 10.0 Å². The summed E-state index contributed by atoms with van der Waals surface area (Å²) in [7, 11) is -3.24. The van der Waals surface area contributed by atoms with E-state index in [1.165, 1.54) is 28.1 Å². The molecule has 2 aliphatic rings. The molecule has 2 amide bonds. The van der Waals surface area contributed by atoms with Crippen molar-refractivity contribution in [3.05, 3.63) is 77.7 Å². The van der Waals surface area contributed by atoms with Gasteiger partial charge in [0.1, 0.15) is 0 Å². The fraction of sp³-hybridized carbons (Fsp3) is 0.379. The monoisotopic (exact) mass is 565 g/mol. The molecule has 0 spiro atoms. The minimum absolute atomic E-state index is 0.124. The number of sulfonamides is 1. The Morgan fingerprint density at radius 3 is 2.15 bits per heavy atom. The molecule has 3 heterocycles. The van der Waals surface area contributed by atoms with Crippen LogP contribution in [0.2, 0.25) is 0 Å². The normalized spacial score (nSPS) is 17.1. The quantitative estimate of drug-likeness (QED) is 0.452. The number of nitrogens with zero attached hydrogens (tertiary/aromatic N) is 3. The maximum atomic E-state index is 13.2. The molecule has 40 heavy (non-hydrogen) atoms. The van der Waals surface area contributed by atoms with Crippen molar-refractivity contribution in [2.24, 2.45) is 0 Å². The minimum atomic E-state index is -3.24. The van der Waals surface area contributed by atoms with Crippen molar-refractivity contribution < 1.29 is 22.4 Å². The first-order valence-corrected chi connectivity index (χ1v) is 15.3. The van der Waals surface area contributed by atoms with Gasteiger partial charge >= 0.3 is 0 Å². The molecule has 1 aromatic heterocycles. The molecule has 11 heteroatoms. The molecule has 0 aliphatic carbocycles. The largest absolute Gasteiger partial charge is 0.459 e. The van der Waals surface area contributed by atoms with E-state index in [2.05, 4.69) is 45.6 Å². The summed E-state index contributed by atoms with van der Waals surface area (Å²) in [6, 6.07) is 16.8. The van der Waals surface area contributed by atoms with Gasteiger partial charge < -0.3 is 24.9 Å². The Morgan fingerprint density at radius 2 is 1.52 bits per heavy atom. The highest BCUT2D eigenvalue weighted by molar-refractivity contribution is 7.88. The van der Waals surface area contributed by atoms with Crippen LogP contribution >= 0.6 is 0 Å². The first-order chi connectivity index (χ1) is 19.2. The van der Waals surface area contributed by atoms with E-state index in [1.807, 2.05) is 12.1 Å². The van der Waals surface area contributed by atoms with E-state index in [0.717, 1.165) is 31.9 Å². The number of benzene rings is 2. The van der Waals surface area contributed by atoms with E-state index in [9.17, 15) is 18.0 Å². The summed E-state index contributed by atoms with van der Waals surface area (Å²) >= 11 is 0. The van der Waals surface area contributed by atoms with Crippen LogP contribution in [0.15, 0.2) is 65.3 Å². The van der Waals surface area contributed by atoms with Gasteiger partial charge in [0, 0.05) is 56.6 Å². The summed E-state index contributed by atoms with van der Waals surface area (Å²) in [6.45, 7) is 6.02. The number of para-hydroxylation sites is 1. The average Bonchev–Trinajstić information content (AvgIpc) is 3.49. The van der Waals surface area contributed by atoms with Crippen molar-refractivity contribution in [3.63, 3.8) is 0 Å². The molecule has 5 rings (SSSR count). The molecular formula is C29H35N5O5S. The summed E-state index contributed by atoms with van der Waals surface area (Å²) < 4.78 is 30.3. The highest BCUT2D eigenvalue weighted by Crippen LogP contribution is 2.31. The Hall–Kier alpha value is -3.83. The van der Waals surface area contributed by atoms with Crippen LogP contribution in [0, 0.1) is 6.92 Å². The van der Waals surface area contributed by atoms with Crippen LogP contribution in [-0.4, -0.2) is 76.1 Å². The van der Waals surface area contributed by atoms with Gasteiger partial charge in [0.2, 0.25) is 10.0 Å². The van der Waals surface area contributed by atoms with Crippen LogP contribution < -0.4 is 20.4 Å². The molecule has 2 aromatic carbocycles. The molecule has 0 saturated carbocycles. The van der Waals surface area contributed by atoms with Crippen LogP contribution in [0.5, 0.6) is 0 Å². The highest BCUT2D eigenvalue weighted by Gasteiger charge is 2.27. The number of amides is 2. The number of carbonyl (C=O) groups excluding carboxylic acids is 2. The molecule has 0 atom stereocenters. The maximum absolute atomic E-state index is 13.2. The van der Waals surface area contributed by atoms with Gasteiger partial charge in [-0.15, -0.1) is 0 Å². The minimum Gasteiger partial charge on any atom is -0.459 e. The SMILES string of the molecule is Cc1ccccc1N1CCN(c2ccc(C(=O)NC3CCN(S(C)(=O)=O)CC3)cc2NC(=O)c2ccco2)CC1. The molecule has 2 saturated heterocycles. The van der Waals surface area contributed by atoms with Gasteiger partial charge in [0.15, 0.2) is 5.76 Å². The van der Waals surface area contributed by atoms with Crippen molar-refractivity contribution in [3.8, 4) is 0 Å². The molecule has 0 radical (unpaired) electrons. The van der Waals surface area contributed by atoms with Crippen molar-refractivity contribution in [2.45, 2.75) is 25.8 Å². The summed E-state index contributed by atoms with van der Waals surface area (Å²) in [6.07, 6.45) is 3.74. The predicted molar refractivity (Wildman–Crippen MR) is 156 cm³/mol. The lowest BCUT2D eigenvalue weighted by Crippen LogP contribution is -2.47. The van der Waals surface area contributed by atoms with Crippen molar-refractivity contribution in [2.75, 3.05) is 60.6 Å². The fourth-order valence-corrected chi connectivity index (χ4v) is 6.23. The molecule has 0 bridgehead atoms. The molecule has 2 fully saturated rings. The van der Waals surface area contributed by atoms with Crippen molar-refractivity contribution in [1.82, 2.24) is 9.62 Å². The second-order valence-electron chi connectivity index (χ2n) is 10.3. The van der Waals surface area contributed by atoms with Crippen LogP contribution in [0.3, 0.4) is 0 Å². The van der Waals surface area contributed by atoms with E-state index in [4.69, 9.17) is 4.42 Å². The topological polar surface area (TPSA) is 115 Å². The first kappa shape index (κ1) is 27.7. The van der Waals surface area contributed by atoms with E-state index in [1.54, 1.807) is 24.3 Å². The number of hydrogen-bond donors (Lipinski definition) is 2. The number of piperazine rings is 1. The van der Waals surface area contributed by atoms with Gasteiger partial charge in [-0.05, 0) is 61.7 Å². The van der Waals surface area contributed by atoms with E-state index in [-0.39, 0.29) is 17.7 Å². The average molecular weight is 566 g/mol. The Kier molecular flexibility index (Phi) is 8.13. The number of piperidine rings is 1. The van der Waals surface area contributed by atoms with E-state index >= 15 is 0 Å². The Morgan fingerprint density at radius 1 is 0.850 bits per heavy atom. The van der Waals surface area contributed by atoms with Crippen LogP contribution in [0.25, 0.3) is 0 Å². The summed E-state index contributed by atoms with van der Waals surface area (Å²) in [4.78, 5) is 30.7. The predicted octanol–water partition coefficient (Wildman–Crippen LogP) is 3.32. The maximum Gasteiger partial charge on any atom is 0.291 e. The van der Waals surface area contributed by atoms with Crippen LogP contribution in [0.4, 0.5) is 17.1 Å². The third kappa shape index (κ3) is 6.31. The Labute approximate surface area is 235 Å². The lowest BCUT2D eigenvalue weighted by Gasteiger charge is -2.38. The lowest BCUT2D eigenvalue weighted by molar-refractivity contribution is 0.0922. The number of nitrogens with one attached hydrogen (secondary N) is 2. The van der Waals surface area contributed by atoms with Crippen LogP contribution in [0.1, 0.15) is 39.3 Å². The van der Waals surface area contributed by atoms with Gasteiger partial charge in [0.25, 0.3) is 11.8 Å². The smallest absolute Gasteiger partial charge is 0.291 e. The molecule has 212 valence electrons. The molecule has 10 nitrogen and oxygen atoms in total. The lowest BCUT2D eigenvalue weighted by atomic mass is 10.1. The van der Waals surface area contributed by atoms with Gasteiger partial charge in [-0.25, -0.2) is 12.7 Å². The van der Waals surface area contributed by atoms with Crippen molar-refractivity contribution >= 4 is 38.9 Å². The van der Waals surface area contributed by atoms with Gasteiger partial charge in [-0.2, -0.15) is 0 Å². The van der Waals surface area contributed by atoms with Gasteiger partial charge in [0.05, 0.1) is 23.9 Å². The standard InChI is InChI=1S/C29H35N5O5S/c1-21-6-3-4-7-25(21)32-15-17-33(18-16-32)26-10-9-22(20-24(26)31-29(36)27-8-5-19-39-27)28(35)30-23-11-13-34(14-12-23)40(2,37)38/h3-10,19-20,23H,11-18H2,1-2H3,(H,30,35)(H,31,36). The first-order valence-electron chi connectivity index (χ1n) is 13.5. The number of anilines is 3. The molecular weight excluding hydrogens is 530 g/mol. The third-order valence-corrected chi connectivity index (χ3v) is 8.89. The zero-order valence-corrected chi connectivity index (χ0v) is 23.6. The Balaban J connectivity index is 1.31. The zero-order chi connectivity index (χ0) is 28.3. The second-order valence-corrected chi connectivity index (χ2v) is 12.3. The van der Waals surface area contributed by atoms with Crippen molar-refractivity contribution in [1.29, 1.82) is 0 Å². The number of furan rings is 1. The second kappa shape index (κ2) is 11.7. The summed E-state index contributed by atoms with van der Waals surface area (Å²) in [5, 5.41) is 5.97. The number of aryl methyl sites for hydroxylation is 1. The molecule has 0 unspecified atom stereocenters. The number of hydrogen-bond acceptors (Lipinski definition) is 7. The third-order valence-electron chi connectivity index (χ3n) is 7.59. The molecule has 3 aromatic rings. The summed E-state index contributed by atoms with van der Waals surface area (Å²) in [5.74, 6) is -0.472. The summed E-state index contributed by atoms with van der Waals surface area (Å²) in [5.41, 5.74) is 4.25. The van der Waals surface area contributed by atoms with E-state index in [0.29, 0.717) is 37.2 Å². The van der Waals surface area contributed by atoms with Gasteiger partial charge in [-0.3, -0.25) is 9.59 Å². The highest BCUT2D eigenvalue weighted by atomic mass is 32.2. The number of carbonyl (C=O) groups is 2. The van der Waals surface area contributed by atoms with E-state index < -0.39 is 15.9 Å². The number of rotatable bonds is 7. The molecule has 2 N–H and O–H groups in total. The fourth-order valence-electron chi connectivity index (χ4n) is 5.35. The van der Waals surface area contributed by atoms with Gasteiger partial charge in [-0.1, -0.05) is 18.2 Å².